The second-order valence-electron chi connectivity index (χ2n) is 27.8. The van der Waals surface area contributed by atoms with Gasteiger partial charge in [-0.25, -0.2) is 0 Å². The van der Waals surface area contributed by atoms with Crippen LogP contribution in [0.15, 0.2) is 24.3 Å². The van der Waals surface area contributed by atoms with Gasteiger partial charge in [-0.05, 0) is 57.8 Å². The van der Waals surface area contributed by atoms with E-state index in [1.807, 2.05) is 0 Å². The Bertz CT molecular complexity index is 1360. The van der Waals surface area contributed by atoms with Crippen molar-refractivity contribution in [1.82, 2.24) is 5.32 Å². The van der Waals surface area contributed by atoms with E-state index in [0.29, 0.717) is 25.9 Å². The van der Waals surface area contributed by atoms with E-state index in [4.69, 9.17) is 4.74 Å². The summed E-state index contributed by atoms with van der Waals surface area (Å²) in [5, 5.41) is 23.5. The Morgan fingerprint density at radius 1 is 0.322 bits per heavy atom. The molecule has 0 bridgehead atoms. The van der Waals surface area contributed by atoms with Crippen LogP contribution in [0.4, 0.5) is 0 Å². The monoisotopic (exact) mass is 1220 g/mol. The molecule has 87 heavy (non-hydrogen) atoms. The van der Waals surface area contributed by atoms with Gasteiger partial charge in [0, 0.05) is 12.8 Å². The summed E-state index contributed by atoms with van der Waals surface area (Å²) in [5.41, 5.74) is 0. The molecule has 0 saturated carbocycles. The molecule has 0 aromatic rings. The highest BCUT2D eigenvalue weighted by atomic mass is 16.5. The van der Waals surface area contributed by atoms with Crippen LogP contribution in [0.5, 0.6) is 0 Å². The number of carbonyl (C=O) groups excluding carboxylic acids is 2. The molecule has 0 spiro atoms. The van der Waals surface area contributed by atoms with Crippen molar-refractivity contribution in [3.05, 3.63) is 24.3 Å². The molecule has 0 rings (SSSR count). The summed E-state index contributed by atoms with van der Waals surface area (Å²) in [6.07, 6.45) is 98.4. The lowest BCUT2D eigenvalue weighted by Crippen LogP contribution is -2.45. The van der Waals surface area contributed by atoms with Crippen molar-refractivity contribution in [1.29, 1.82) is 0 Å². The van der Waals surface area contributed by atoms with Gasteiger partial charge in [0.05, 0.1) is 25.4 Å². The number of aliphatic hydroxyl groups excluding tert-OH is 2. The predicted molar refractivity (Wildman–Crippen MR) is 384 cm³/mol. The summed E-state index contributed by atoms with van der Waals surface area (Å²) in [6.45, 7) is 4.99. The third kappa shape index (κ3) is 73.3. The first-order valence-electron chi connectivity index (χ1n) is 40.1. The van der Waals surface area contributed by atoms with E-state index in [0.717, 1.165) is 51.4 Å². The Morgan fingerprint density at radius 2 is 0.575 bits per heavy atom. The van der Waals surface area contributed by atoms with Gasteiger partial charge in [0.2, 0.25) is 5.91 Å². The number of amides is 1. The molecule has 6 nitrogen and oxygen atoms in total. The van der Waals surface area contributed by atoms with Crippen molar-refractivity contribution in [3.8, 4) is 0 Å². The van der Waals surface area contributed by atoms with E-state index < -0.39 is 12.1 Å². The van der Waals surface area contributed by atoms with Crippen molar-refractivity contribution < 1.29 is 24.5 Å². The molecule has 0 aliphatic heterocycles. The smallest absolute Gasteiger partial charge is 0.305 e. The Hall–Kier alpha value is -1.66. The van der Waals surface area contributed by atoms with Crippen molar-refractivity contribution in [2.75, 3.05) is 13.2 Å². The van der Waals surface area contributed by atoms with Gasteiger partial charge >= 0.3 is 5.97 Å². The van der Waals surface area contributed by atoms with E-state index in [2.05, 4.69) is 43.5 Å². The van der Waals surface area contributed by atoms with Crippen LogP contribution in [0.3, 0.4) is 0 Å². The van der Waals surface area contributed by atoms with Crippen LogP contribution < -0.4 is 5.32 Å². The zero-order valence-electron chi connectivity index (χ0n) is 59.3. The first kappa shape index (κ1) is 85.3. The predicted octanol–water partition coefficient (Wildman–Crippen LogP) is 26.4. The summed E-state index contributed by atoms with van der Waals surface area (Å²) in [7, 11) is 0. The largest absolute Gasteiger partial charge is 0.466 e. The maximum absolute atomic E-state index is 12.6. The highest BCUT2D eigenvalue weighted by Crippen LogP contribution is 2.20. The molecule has 0 radical (unpaired) electrons. The van der Waals surface area contributed by atoms with Gasteiger partial charge in [-0.1, -0.05) is 411 Å². The van der Waals surface area contributed by atoms with E-state index in [1.54, 1.807) is 0 Å². The maximum atomic E-state index is 12.6. The van der Waals surface area contributed by atoms with Crippen LogP contribution in [0.2, 0.25) is 0 Å². The molecule has 3 N–H and O–H groups in total. The van der Waals surface area contributed by atoms with E-state index in [-0.39, 0.29) is 18.5 Å². The third-order valence-corrected chi connectivity index (χ3v) is 19.0. The third-order valence-electron chi connectivity index (χ3n) is 19.0. The molecule has 0 heterocycles. The first-order valence-corrected chi connectivity index (χ1v) is 40.1. The zero-order chi connectivity index (χ0) is 62.8. The molecule has 0 aromatic carbocycles. The van der Waals surface area contributed by atoms with Crippen molar-refractivity contribution in [2.45, 2.75) is 469 Å². The van der Waals surface area contributed by atoms with Gasteiger partial charge in [0.25, 0.3) is 0 Å². The average Bonchev–Trinajstić information content (AvgIpc) is 3.53. The summed E-state index contributed by atoms with van der Waals surface area (Å²) in [6, 6.07) is -0.540. The standard InChI is InChI=1S/C81H157NO5/c1-3-5-7-9-11-13-15-17-19-21-23-24-25-32-35-38-41-45-49-53-57-61-65-69-73-79(84)78(77-83)82-80(85)74-70-66-62-58-54-50-46-42-39-36-33-30-28-26-27-29-31-34-37-40-44-48-52-56-60-64-68-72-76-87-81(86)75-71-67-63-59-55-51-47-43-22-20-18-16-14-12-10-8-6-4-2/h14,16,20,22,78-79,83-84H,3-13,15,17-19,21,23-77H2,1-2H3,(H,82,85)/b16-14-,22-20-. The number of esters is 1. The highest BCUT2D eigenvalue weighted by Gasteiger charge is 2.20. The molecule has 0 aromatic heterocycles. The summed E-state index contributed by atoms with van der Waals surface area (Å²) >= 11 is 0. The molecule has 6 heteroatoms. The molecule has 0 fully saturated rings. The number of rotatable bonds is 76. The first-order chi connectivity index (χ1) is 43.0. The summed E-state index contributed by atoms with van der Waals surface area (Å²) < 4.78 is 5.51. The van der Waals surface area contributed by atoms with E-state index >= 15 is 0 Å². The number of aliphatic hydroxyl groups is 2. The molecule has 2 atom stereocenters. The number of allylic oxidation sites excluding steroid dienone is 4. The van der Waals surface area contributed by atoms with Crippen LogP contribution in [0.25, 0.3) is 0 Å². The van der Waals surface area contributed by atoms with Crippen LogP contribution in [0, 0.1) is 0 Å². The number of hydrogen-bond acceptors (Lipinski definition) is 5. The normalized spacial score (nSPS) is 12.6. The van der Waals surface area contributed by atoms with Crippen molar-refractivity contribution in [3.63, 3.8) is 0 Å². The topological polar surface area (TPSA) is 95.9 Å². The number of nitrogens with one attached hydrogen (secondary N) is 1. The molecule has 0 aliphatic rings. The molecule has 0 saturated heterocycles. The quantitative estimate of drug-likeness (QED) is 0.0320. The van der Waals surface area contributed by atoms with Crippen LogP contribution >= 0.6 is 0 Å². The molecular weight excluding hydrogens is 1070 g/mol. The number of hydrogen-bond donors (Lipinski definition) is 3. The van der Waals surface area contributed by atoms with Gasteiger partial charge in [0.15, 0.2) is 0 Å². The number of unbranched alkanes of at least 4 members (excludes halogenated alkanes) is 61. The Labute approximate surface area is 545 Å². The van der Waals surface area contributed by atoms with Gasteiger partial charge in [-0.3, -0.25) is 9.59 Å². The van der Waals surface area contributed by atoms with Gasteiger partial charge in [0.1, 0.15) is 0 Å². The molecule has 2 unspecified atom stereocenters. The SMILES string of the molecule is CCCCCC/C=C\C/C=C\CCCCCCCCCC(=O)OCCCCCCCCCCCCCCCCCCCCCCCCCCCCCCC(=O)NC(CO)C(O)CCCCCCCCCCCCCCCCCCCCCCCCCC. The molecular formula is C81H157NO5. The summed E-state index contributed by atoms with van der Waals surface area (Å²) in [4.78, 5) is 24.7. The average molecular weight is 1230 g/mol. The molecule has 516 valence electrons. The fraction of sp³-hybridized carbons (Fsp3) is 0.926. The minimum Gasteiger partial charge on any atom is -0.466 e. The Morgan fingerprint density at radius 3 is 0.885 bits per heavy atom. The fourth-order valence-corrected chi connectivity index (χ4v) is 12.9. The molecule has 1 amide bonds. The maximum Gasteiger partial charge on any atom is 0.305 e. The Kier molecular flexibility index (Phi) is 75.3. The van der Waals surface area contributed by atoms with Gasteiger partial charge < -0.3 is 20.3 Å². The molecule has 0 aliphatic carbocycles. The highest BCUT2D eigenvalue weighted by molar-refractivity contribution is 5.76. The second-order valence-corrected chi connectivity index (χ2v) is 27.8. The van der Waals surface area contributed by atoms with Crippen LogP contribution in [0.1, 0.15) is 457 Å². The Balaban J connectivity index is 3.34. The van der Waals surface area contributed by atoms with Gasteiger partial charge in [-0.2, -0.15) is 0 Å². The van der Waals surface area contributed by atoms with Crippen LogP contribution in [-0.4, -0.2) is 47.4 Å². The van der Waals surface area contributed by atoms with E-state index in [1.165, 1.54) is 372 Å². The van der Waals surface area contributed by atoms with Gasteiger partial charge in [-0.15, -0.1) is 0 Å². The lowest BCUT2D eigenvalue weighted by atomic mass is 10.0. The van der Waals surface area contributed by atoms with Crippen molar-refractivity contribution >= 4 is 11.9 Å². The number of ether oxygens (including phenoxy) is 1. The minimum absolute atomic E-state index is 0.0127. The van der Waals surface area contributed by atoms with Crippen molar-refractivity contribution in [2.24, 2.45) is 0 Å². The van der Waals surface area contributed by atoms with Crippen LogP contribution in [-0.2, 0) is 14.3 Å². The van der Waals surface area contributed by atoms with E-state index in [9.17, 15) is 19.8 Å². The lowest BCUT2D eigenvalue weighted by molar-refractivity contribution is -0.143. The zero-order valence-corrected chi connectivity index (χ0v) is 59.3. The second kappa shape index (κ2) is 76.8. The fourth-order valence-electron chi connectivity index (χ4n) is 12.9. The number of carbonyl (C=O) groups is 2. The lowest BCUT2D eigenvalue weighted by Gasteiger charge is -2.22. The minimum atomic E-state index is -0.664. The summed E-state index contributed by atoms with van der Waals surface area (Å²) in [5.74, 6) is -0.0133.